The number of piperazine rings is 1. The first-order chi connectivity index (χ1) is 14.0. The van der Waals surface area contributed by atoms with Crippen LogP contribution in [0.1, 0.15) is 12.0 Å². The lowest BCUT2D eigenvalue weighted by atomic mass is 10.1. The van der Waals surface area contributed by atoms with Crippen LogP contribution in [0.15, 0.2) is 48.5 Å². The molecule has 2 aromatic rings. The molecule has 1 fully saturated rings. The van der Waals surface area contributed by atoms with Crippen LogP contribution in [0.25, 0.3) is 0 Å². The van der Waals surface area contributed by atoms with Gasteiger partial charge in [-0.25, -0.2) is 4.39 Å². The van der Waals surface area contributed by atoms with Crippen molar-refractivity contribution in [2.75, 3.05) is 44.7 Å². The summed E-state index contributed by atoms with van der Waals surface area (Å²) >= 11 is 0. The molecule has 7 heteroatoms. The van der Waals surface area contributed by atoms with E-state index in [0.29, 0.717) is 39.1 Å². The molecule has 29 heavy (non-hydrogen) atoms. The van der Waals surface area contributed by atoms with Crippen molar-refractivity contribution in [3.8, 4) is 5.75 Å². The molecule has 6 nitrogen and oxygen atoms in total. The van der Waals surface area contributed by atoms with E-state index in [1.165, 1.54) is 12.1 Å². The zero-order chi connectivity index (χ0) is 20.6. The molecule has 0 unspecified atom stereocenters. The Morgan fingerprint density at radius 3 is 2.28 bits per heavy atom. The van der Waals surface area contributed by atoms with Gasteiger partial charge in [0, 0.05) is 38.4 Å². The van der Waals surface area contributed by atoms with Crippen molar-refractivity contribution in [3.63, 3.8) is 0 Å². The summed E-state index contributed by atoms with van der Waals surface area (Å²) in [6.45, 7) is 2.91. The minimum atomic E-state index is -0.263. The van der Waals surface area contributed by atoms with Crippen LogP contribution in [0.2, 0.25) is 0 Å². The molecule has 1 aliphatic heterocycles. The Labute approximate surface area is 170 Å². The average molecular weight is 399 g/mol. The summed E-state index contributed by atoms with van der Waals surface area (Å²) in [5, 5.41) is 2.81. The highest BCUT2D eigenvalue weighted by atomic mass is 19.1. The monoisotopic (exact) mass is 399 g/mol. The summed E-state index contributed by atoms with van der Waals surface area (Å²) in [6, 6.07) is 14.0. The number of ether oxygens (including phenoxy) is 1. The molecule has 0 aliphatic carbocycles. The van der Waals surface area contributed by atoms with Crippen molar-refractivity contribution in [2.45, 2.75) is 12.8 Å². The van der Waals surface area contributed by atoms with Crippen LogP contribution < -0.4 is 15.0 Å². The molecular weight excluding hydrogens is 373 g/mol. The number of hydrogen-bond donors (Lipinski definition) is 1. The topological polar surface area (TPSA) is 61.9 Å². The highest BCUT2D eigenvalue weighted by molar-refractivity contribution is 5.97. The number of carbonyl (C=O) groups is 2. The number of nitrogens with one attached hydrogen (secondary N) is 1. The number of rotatable bonds is 7. The number of nitrogens with zero attached hydrogens (tertiary/aromatic N) is 2. The highest BCUT2D eigenvalue weighted by Gasteiger charge is 2.22. The molecule has 0 radical (unpaired) electrons. The predicted octanol–water partition coefficient (Wildman–Crippen LogP) is 2.23. The van der Waals surface area contributed by atoms with E-state index in [-0.39, 0.29) is 24.1 Å². The van der Waals surface area contributed by atoms with Crippen molar-refractivity contribution in [2.24, 2.45) is 0 Å². The number of methoxy groups -OCH3 is 1. The van der Waals surface area contributed by atoms with E-state index < -0.39 is 0 Å². The van der Waals surface area contributed by atoms with E-state index >= 15 is 0 Å². The standard InChI is InChI=1S/C22H26FN3O3/c1-29-20-8-2-17(3-9-20)10-11-24-21(27)16-22(28)26-14-12-25(13-15-26)19-6-4-18(23)5-7-19/h2-9H,10-16H2,1H3,(H,24,27). The van der Waals surface area contributed by atoms with Gasteiger partial charge in [-0.1, -0.05) is 12.1 Å². The molecular formula is C22H26FN3O3. The molecule has 1 N–H and O–H groups in total. The summed E-state index contributed by atoms with van der Waals surface area (Å²) in [4.78, 5) is 28.3. The fourth-order valence-corrected chi connectivity index (χ4v) is 3.32. The van der Waals surface area contributed by atoms with Crippen LogP contribution >= 0.6 is 0 Å². The zero-order valence-corrected chi connectivity index (χ0v) is 16.6. The molecule has 1 saturated heterocycles. The van der Waals surface area contributed by atoms with Crippen LogP contribution in [0.5, 0.6) is 5.75 Å². The number of carbonyl (C=O) groups excluding carboxylic acids is 2. The first-order valence-electron chi connectivity index (χ1n) is 9.73. The normalized spacial score (nSPS) is 13.9. The lowest BCUT2D eigenvalue weighted by molar-refractivity contribution is -0.136. The minimum absolute atomic E-state index is 0.140. The summed E-state index contributed by atoms with van der Waals surface area (Å²) in [5.74, 6) is 0.110. The second kappa shape index (κ2) is 9.91. The Balaban J connectivity index is 1.37. The molecule has 154 valence electrons. The lowest BCUT2D eigenvalue weighted by Crippen LogP contribution is -2.49. The van der Waals surface area contributed by atoms with Gasteiger partial charge in [0.25, 0.3) is 0 Å². The van der Waals surface area contributed by atoms with E-state index in [1.54, 1.807) is 24.1 Å². The number of hydrogen-bond acceptors (Lipinski definition) is 4. The van der Waals surface area contributed by atoms with Gasteiger partial charge in [-0.15, -0.1) is 0 Å². The zero-order valence-electron chi connectivity index (χ0n) is 16.6. The van der Waals surface area contributed by atoms with Gasteiger partial charge in [-0.2, -0.15) is 0 Å². The van der Waals surface area contributed by atoms with Gasteiger partial charge in [0.05, 0.1) is 7.11 Å². The Hall–Kier alpha value is -3.09. The Morgan fingerprint density at radius 1 is 1.00 bits per heavy atom. The number of anilines is 1. The molecule has 2 amide bonds. The van der Waals surface area contributed by atoms with Gasteiger partial charge < -0.3 is 19.9 Å². The lowest BCUT2D eigenvalue weighted by Gasteiger charge is -2.36. The van der Waals surface area contributed by atoms with Gasteiger partial charge in [-0.05, 0) is 48.4 Å². The third-order valence-electron chi connectivity index (χ3n) is 5.03. The fourth-order valence-electron chi connectivity index (χ4n) is 3.32. The van der Waals surface area contributed by atoms with Crippen LogP contribution in [0.4, 0.5) is 10.1 Å². The third-order valence-corrected chi connectivity index (χ3v) is 5.03. The molecule has 2 aromatic carbocycles. The molecule has 0 atom stereocenters. The fraction of sp³-hybridized carbons (Fsp3) is 0.364. The summed E-state index contributed by atoms with van der Waals surface area (Å²) < 4.78 is 18.2. The van der Waals surface area contributed by atoms with Crippen molar-refractivity contribution in [3.05, 3.63) is 59.9 Å². The van der Waals surface area contributed by atoms with Gasteiger partial charge in [0.2, 0.25) is 11.8 Å². The first kappa shape index (κ1) is 20.6. The molecule has 1 heterocycles. The van der Waals surface area contributed by atoms with Gasteiger partial charge in [0.15, 0.2) is 0 Å². The van der Waals surface area contributed by atoms with Crippen molar-refractivity contribution in [1.29, 1.82) is 0 Å². The molecule has 0 bridgehead atoms. The largest absolute Gasteiger partial charge is 0.497 e. The summed E-state index contributed by atoms with van der Waals surface area (Å²) in [6.07, 6.45) is 0.555. The van der Waals surface area contributed by atoms with E-state index in [4.69, 9.17) is 4.74 Å². The van der Waals surface area contributed by atoms with E-state index in [2.05, 4.69) is 10.2 Å². The minimum Gasteiger partial charge on any atom is -0.497 e. The maximum Gasteiger partial charge on any atom is 0.232 e. The maximum absolute atomic E-state index is 13.0. The number of halogens is 1. The predicted molar refractivity (Wildman–Crippen MR) is 110 cm³/mol. The Kier molecular flexibility index (Phi) is 7.05. The summed E-state index contributed by atoms with van der Waals surface area (Å²) in [7, 11) is 1.62. The summed E-state index contributed by atoms with van der Waals surface area (Å²) in [5.41, 5.74) is 2.03. The van der Waals surface area contributed by atoms with E-state index in [1.807, 2.05) is 24.3 Å². The SMILES string of the molecule is COc1ccc(CCNC(=O)CC(=O)N2CCN(c3ccc(F)cc3)CC2)cc1. The number of benzene rings is 2. The Morgan fingerprint density at radius 2 is 1.66 bits per heavy atom. The second-order valence-electron chi connectivity index (χ2n) is 6.97. The maximum atomic E-state index is 13.0. The second-order valence-corrected chi connectivity index (χ2v) is 6.97. The molecule has 0 saturated carbocycles. The average Bonchev–Trinajstić information content (AvgIpc) is 2.75. The molecule has 1 aliphatic rings. The van der Waals surface area contributed by atoms with Crippen LogP contribution in [0, 0.1) is 5.82 Å². The van der Waals surface area contributed by atoms with Crippen molar-refractivity contribution < 1.29 is 18.7 Å². The molecule has 3 rings (SSSR count). The quantitative estimate of drug-likeness (QED) is 0.726. The highest BCUT2D eigenvalue weighted by Crippen LogP contribution is 2.17. The number of amides is 2. The van der Waals surface area contributed by atoms with Gasteiger partial charge in [0.1, 0.15) is 18.0 Å². The molecule has 0 spiro atoms. The Bertz CT molecular complexity index is 816. The van der Waals surface area contributed by atoms with Crippen LogP contribution in [-0.4, -0.2) is 56.5 Å². The van der Waals surface area contributed by atoms with Crippen molar-refractivity contribution >= 4 is 17.5 Å². The van der Waals surface area contributed by atoms with E-state index in [9.17, 15) is 14.0 Å². The smallest absolute Gasteiger partial charge is 0.232 e. The third kappa shape index (κ3) is 5.94. The van der Waals surface area contributed by atoms with Crippen LogP contribution in [0.3, 0.4) is 0 Å². The van der Waals surface area contributed by atoms with Crippen LogP contribution in [-0.2, 0) is 16.0 Å². The van der Waals surface area contributed by atoms with Crippen molar-refractivity contribution in [1.82, 2.24) is 10.2 Å². The first-order valence-corrected chi connectivity index (χ1v) is 9.73. The van der Waals surface area contributed by atoms with Gasteiger partial charge >= 0.3 is 0 Å². The molecule has 0 aromatic heterocycles. The van der Waals surface area contributed by atoms with E-state index in [0.717, 1.165) is 17.0 Å². The van der Waals surface area contributed by atoms with Gasteiger partial charge in [-0.3, -0.25) is 9.59 Å².